The highest BCUT2D eigenvalue weighted by atomic mass is 35.5. The fourth-order valence-electron chi connectivity index (χ4n) is 3.01. The van der Waals surface area contributed by atoms with Crippen LogP contribution in [0.25, 0.3) is 0 Å². The van der Waals surface area contributed by atoms with Gasteiger partial charge in [-0.3, -0.25) is 9.59 Å². The number of esters is 1. The molecule has 0 N–H and O–H groups in total. The van der Waals surface area contributed by atoms with Gasteiger partial charge in [-0.1, -0.05) is 23.7 Å². The summed E-state index contributed by atoms with van der Waals surface area (Å²) in [6, 6.07) is 7.39. The molecule has 1 aliphatic heterocycles. The summed E-state index contributed by atoms with van der Waals surface area (Å²) in [5, 5.41) is 0.617. The van der Waals surface area contributed by atoms with Crippen molar-refractivity contribution in [3.05, 3.63) is 34.9 Å². The van der Waals surface area contributed by atoms with Crippen LogP contribution in [-0.2, 0) is 19.7 Å². The molecular weight excluding hydrogens is 314 g/mol. The average molecular weight is 338 g/mol. The first-order valence-electron chi connectivity index (χ1n) is 8.08. The van der Waals surface area contributed by atoms with Crippen LogP contribution in [0.3, 0.4) is 0 Å². The van der Waals surface area contributed by atoms with Crippen molar-refractivity contribution in [2.45, 2.75) is 39.0 Å². The molecule has 1 saturated heterocycles. The lowest BCUT2D eigenvalue weighted by Gasteiger charge is -2.37. The maximum absolute atomic E-state index is 13.0. The van der Waals surface area contributed by atoms with Crippen LogP contribution in [0.15, 0.2) is 24.3 Å². The second-order valence-electron chi connectivity index (χ2n) is 6.48. The second-order valence-corrected chi connectivity index (χ2v) is 6.91. The van der Waals surface area contributed by atoms with Crippen LogP contribution in [0.1, 0.15) is 39.2 Å². The van der Waals surface area contributed by atoms with Gasteiger partial charge in [0.2, 0.25) is 5.91 Å². The van der Waals surface area contributed by atoms with Crippen molar-refractivity contribution >= 4 is 23.5 Å². The quantitative estimate of drug-likeness (QED) is 0.791. The van der Waals surface area contributed by atoms with Gasteiger partial charge in [-0.05, 0) is 51.3 Å². The molecule has 1 heterocycles. The number of nitrogens with zero attached hydrogens (tertiary/aromatic N) is 1. The van der Waals surface area contributed by atoms with E-state index in [4.69, 9.17) is 16.3 Å². The van der Waals surface area contributed by atoms with E-state index in [1.807, 2.05) is 32.0 Å². The van der Waals surface area contributed by atoms with Gasteiger partial charge in [0.25, 0.3) is 0 Å². The predicted octanol–water partition coefficient (Wildman–Crippen LogP) is 3.42. The molecule has 0 saturated carbocycles. The molecule has 1 fully saturated rings. The summed E-state index contributed by atoms with van der Waals surface area (Å²) >= 11 is 6.05. The molecule has 126 valence electrons. The Morgan fingerprint density at radius 2 is 2.13 bits per heavy atom. The largest absolute Gasteiger partial charge is 0.466 e. The number of rotatable bonds is 4. The molecule has 4 nitrogen and oxygen atoms in total. The third-order valence-corrected chi connectivity index (χ3v) is 4.64. The van der Waals surface area contributed by atoms with Crippen molar-refractivity contribution in [3.63, 3.8) is 0 Å². The lowest BCUT2D eigenvalue weighted by atomic mass is 9.82. The van der Waals surface area contributed by atoms with E-state index in [1.165, 1.54) is 0 Å². The molecule has 1 amide bonds. The zero-order valence-corrected chi connectivity index (χ0v) is 14.7. The highest BCUT2D eigenvalue weighted by Crippen LogP contribution is 2.30. The number of halogens is 1. The zero-order chi connectivity index (χ0) is 17.0. The molecule has 1 atom stereocenters. The van der Waals surface area contributed by atoms with Gasteiger partial charge in [0.15, 0.2) is 0 Å². The van der Waals surface area contributed by atoms with Crippen LogP contribution in [0.2, 0.25) is 5.02 Å². The summed E-state index contributed by atoms with van der Waals surface area (Å²) in [4.78, 5) is 26.7. The molecule has 0 bridgehead atoms. The van der Waals surface area contributed by atoms with Crippen molar-refractivity contribution in [2.75, 3.05) is 19.7 Å². The highest BCUT2D eigenvalue weighted by molar-refractivity contribution is 6.30. The van der Waals surface area contributed by atoms with Crippen LogP contribution in [0, 0.1) is 5.92 Å². The molecule has 2 rings (SSSR count). The third-order valence-electron chi connectivity index (χ3n) is 4.41. The van der Waals surface area contributed by atoms with Gasteiger partial charge in [0.05, 0.1) is 17.9 Å². The monoisotopic (exact) mass is 337 g/mol. The molecule has 1 unspecified atom stereocenters. The Kier molecular flexibility index (Phi) is 5.69. The van der Waals surface area contributed by atoms with Gasteiger partial charge < -0.3 is 9.64 Å². The van der Waals surface area contributed by atoms with Crippen LogP contribution in [0.5, 0.6) is 0 Å². The highest BCUT2D eigenvalue weighted by Gasteiger charge is 2.37. The zero-order valence-electron chi connectivity index (χ0n) is 14.0. The fourth-order valence-corrected chi connectivity index (χ4v) is 3.20. The van der Waals surface area contributed by atoms with Crippen LogP contribution < -0.4 is 0 Å². The molecule has 1 aromatic rings. The minimum atomic E-state index is -0.679. The maximum atomic E-state index is 13.0. The summed E-state index contributed by atoms with van der Waals surface area (Å²) < 4.78 is 5.10. The summed E-state index contributed by atoms with van der Waals surface area (Å²) in [6.45, 7) is 7.08. The number of carbonyl (C=O) groups is 2. The molecule has 0 aliphatic carbocycles. The number of amides is 1. The number of carbonyl (C=O) groups excluding carboxylic acids is 2. The van der Waals surface area contributed by atoms with Crippen molar-refractivity contribution in [2.24, 2.45) is 5.92 Å². The second kappa shape index (κ2) is 7.35. The number of ether oxygens (including phenoxy) is 1. The standard InChI is InChI=1S/C18H24ClNO3/c1-4-23-16(21)13-7-6-10-20(12-13)17(22)18(2,3)14-8-5-9-15(19)11-14/h5,8-9,11,13H,4,6-7,10,12H2,1-3H3. The van der Waals surface area contributed by atoms with E-state index in [0.717, 1.165) is 18.4 Å². The van der Waals surface area contributed by atoms with E-state index >= 15 is 0 Å². The van der Waals surface area contributed by atoms with Crippen molar-refractivity contribution in [1.29, 1.82) is 0 Å². The molecule has 0 spiro atoms. The van der Waals surface area contributed by atoms with Gasteiger partial charge in [-0.2, -0.15) is 0 Å². The first kappa shape index (κ1) is 17.8. The Morgan fingerprint density at radius 3 is 2.78 bits per heavy atom. The van der Waals surface area contributed by atoms with Gasteiger partial charge in [0.1, 0.15) is 0 Å². The van der Waals surface area contributed by atoms with Gasteiger partial charge >= 0.3 is 5.97 Å². The average Bonchev–Trinajstić information content (AvgIpc) is 2.54. The Bertz CT molecular complexity index is 585. The normalized spacial score (nSPS) is 18.6. The van der Waals surface area contributed by atoms with Crippen molar-refractivity contribution in [1.82, 2.24) is 4.90 Å². The van der Waals surface area contributed by atoms with E-state index in [2.05, 4.69) is 0 Å². The molecule has 0 aromatic heterocycles. The number of hydrogen-bond donors (Lipinski definition) is 0. The summed E-state index contributed by atoms with van der Waals surface area (Å²) in [5.41, 5.74) is 0.204. The minimum absolute atomic E-state index is 0.0220. The van der Waals surface area contributed by atoms with Crippen LogP contribution >= 0.6 is 11.6 Å². The SMILES string of the molecule is CCOC(=O)C1CCCN(C(=O)C(C)(C)c2cccc(Cl)c2)C1. The van der Waals surface area contributed by atoms with Crippen molar-refractivity contribution in [3.8, 4) is 0 Å². The maximum Gasteiger partial charge on any atom is 0.310 e. The Labute approximate surface area is 142 Å². The predicted molar refractivity (Wildman–Crippen MR) is 90.4 cm³/mol. The Morgan fingerprint density at radius 1 is 1.39 bits per heavy atom. The summed E-state index contributed by atoms with van der Waals surface area (Å²) in [7, 11) is 0. The van der Waals surface area contributed by atoms with E-state index in [1.54, 1.807) is 17.9 Å². The molecule has 1 aromatic carbocycles. The number of hydrogen-bond acceptors (Lipinski definition) is 3. The number of piperidine rings is 1. The van der Waals surface area contributed by atoms with Gasteiger partial charge in [-0.25, -0.2) is 0 Å². The van der Waals surface area contributed by atoms with E-state index in [-0.39, 0.29) is 17.8 Å². The molecular formula is C18H24ClNO3. The topological polar surface area (TPSA) is 46.6 Å². The lowest BCUT2D eigenvalue weighted by molar-refractivity contribution is -0.152. The summed E-state index contributed by atoms with van der Waals surface area (Å²) in [6.07, 6.45) is 1.60. The van der Waals surface area contributed by atoms with E-state index < -0.39 is 5.41 Å². The minimum Gasteiger partial charge on any atom is -0.466 e. The molecule has 0 radical (unpaired) electrons. The van der Waals surface area contributed by atoms with Crippen LogP contribution in [0.4, 0.5) is 0 Å². The van der Waals surface area contributed by atoms with E-state index in [9.17, 15) is 9.59 Å². The van der Waals surface area contributed by atoms with E-state index in [0.29, 0.717) is 24.7 Å². The first-order valence-corrected chi connectivity index (χ1v) is 8.46. The molecule has 5 heteroatoms. The third kappa shape index (κ3) is 4.05. The number of benzene rings is 1. The fraction of sp³-hybridized carbons (Fsp3) is 0.556. The number of likely N-dealkylation sites (tertiary alicyclic amines) is 1. The smallest absolute Gasteiger partial charge is 0.310 e. The summed E-state index contributed by atoms with van der Waals surface area (Å²) in [5.74, 6) is -0.401. The molecule has 23 heavy (non-hydrogen) atoms. The first-order chi connectivity index (χ1) is 10.9. The Hall–Kier alpha value is -1.55. The Balaban J connectivity index is 2.13. The van der Waals surface area contributed by atoms with Crippen LogP contribution in [-0.4, -0.2) is 36.5 Å². The molecule has 1 aliphatic rings. The lowest BCUT2D eigenvalue weighted by Crippen LogP contribution is -2.49. The van der Waals surface area contributed by atoms with Gasteiger partial charge in [0, 0.05) is 18.1 Å². The van der Waals surface area contributed by atoms with Crippen molar-refractivity contribution < 1.29 is 14.3 Å². The van der Waals surface area contributed by atoms with Gasteiger partial charge in [-0.15, -0.1) is 0 Å².